The first-order valence-electron chi connectivity index (χ1n) is 6.90. The van der Waals surface area contributed by atoms with E-state index >= 15 is 0 Å². The van der Waals surface area contributed by atoms with Crippen LogP contribution in [0.5, 0.6) is 0 Å². The first-order chi connectivity index (χ1) is 10.1. The van der Waals surface area contributed by atoms with Crippen LogP contribution in [-0.2, 0) is 0 Å². The van der Waals surface area contributed by atoms with Crippen LogP contribution in [0.2, 0.25) is 0 Å². The fraction of sp³-hybridized carbons (Fsp3) is 0.250. The summed E-state index contributed by atoms with van der Waals surface area (Å²) in [5.74, 6) is -0.647. The van der Waals surface area contributed by atoms with Crippen LogP contribution in [0.15, 0.2) is 41.2 Å². The number of halogens is 1. The Hall–Kier alpha value is -2.43. The molecule has 1 N–H and O–H groups in total. The summed E-state index contributed by atoms with van der Waals surface area (Å²) >= 11 is 0. The van der Waals surface area contributed by atoms with Crippen molar-refractivity contribution >= 4 is 16.8 Å². The molecule has 1 amide bonds. The first kappa shape index (κ1) is 13.5. The van der Waals surface area contributed by atoms with Gasteiger partial charge in [-0.3, -0.25) is 9.59 Å². The molecule has 2 aromatic rings. The normalized spacial score (nSPS) is 17.6. The molecule has 0 bridgehead atoms. The number of benzene rings is 1. The molecule has 1 aliphatic heterocycles. The highest BCUT2D eigenvalue weighted by Gasteiger charge is 2.25. The molecule has 5 heteroatoms. The summed E-state index contributed by atoms with van der Waals surface area (Å²) in [6, 6.07) is 5.38. The summed E-state index contributed by atoms with van der Waals surface area (Å²) in [6.45, 7) is 2.54. The molecule has 1 unspecified atom stereocenters. The van der Waals surface area contributed by atoms with Gasteiger partial charge >= 0.3 is 0 Å². The van der Waals surface area contributed by atoms with E-state index in [-0.39, 0.29) is 11.9 Å². The molecule has 0 saturated carbocycles. The number of H-pyrrole nitrogens is 1. The number of nitrogens with one attached hydrogen (secondary N) is 1. The molecule has 1 aliphatic rings. The second kappa shape index (κ2) is 5.16. The Kier molecular flexibility index (Phi) is 3.33. The largest absolute Gasteiger partial charge is 0.328 e. The Labute approximate surface area is 120 Å². The van der Waals surface area contributed by atoms with Crippen LogP contribution in [-0.4, -0.2) is 28.4 Å². The summed E-state index contributed by atoms with van der Waals surface area (Å²) < 4.78 is 13.3. The van der Waals surface area contributed by atoms with Gasteiger partial charge in [-0.15, -0.1) is 0 Å². The lowest BCUT2D eigenvalue weighted by atomic mass is 10.1. The summed E-state index contributed by atoms with van der Waals surface area (Å²) in [4.78, 5) is 28.7. The van der Waals surface area contributed by atoms with Gasteiger partial charge < -0.3 is 9.88 Å². The smallest absolute Gasteiger partial charge is 0.255 e. The van der Waals surface area contributed by atoms with Gasteiger partial charge in [0, 0.05) is 18.0 Å². The average molecular weight is 286 g/mol. The molecule has 0 fully saturated rings. The zero-order valence-electron chi connectivity index (χ0n) is 11.6. The third kappa shape index (κ3) is 2.35. The van der Waals surface area contributed by atoms with Crippen LogP contribution in [0, 0.1) is 5.82 Å². The molecular weight excluding hydrogens is 271 g/mol. The van der Waals surface area contributed by atoms with Gasteiger partial charge in [-0.05, 0) is 24.6 Å². The summed E-state index contributed by atoms with van der Waals surface area (Å²) in [6.07, 6.45) is 4.76. The van der Waals surface area contributed by atoms with Crippen LogP contribution in [0.25, 0.3) is 10.9 Å². The molecular formula is C16H15FN2O2. The summed E-state index contributed by atoms with van der Waals surface area (Å²) in [5, 5.41) is 0.558. The zero-order chi connectivity index (χ0) is 15.0. The Morgan fingerprint density at radius 1 is 1.43 bits per heavy atom. The van der Waals surface area contributed by atoms with Crippen molar-refractivity contribution in [3.63, 3.8) is 0 Å². The highest BCUT2D eigenvalue weighted by atomic mass is 19.1. The monoisotopic (exact) mass is 286 g/mol. The molecule has 3 rings (SSSR count). The standard InChI is InChI=1S/C16H15FN2O2/c1-2-11-4-3-7-19(11)16(21)13-9-15(20)18-14-8-10(17)5-6-12(13)14/h3-6,8-9,11H,2,7H2,1H3,(H,18,20). The maximum atomic E-state index is 13.3. The Balaban J connectivity index is 2.12. The number of hydrogen-bond acceptors (Lipinski definition) is 2. The molecule has 21 heavy (non-hydrogen) atoms. The maximum Gasteiger partial charge on any atom is 0.255 e. The predicted molar refractivity (Wildman–Crippen MR) is 78.8 cm³/mol. The number of fused-ring (bicyclic) bond motifs is 1. The Bertz CT molecular complexity index is 794. The molecule has 0 spiro atoms. The van der Waals surface area contributed by atoms with Crippen LogP contribution < -0.4 is 5.56 Å². The topological polar surface area (TPSA) is 53.2 Å². The minimum atomic E-state index is -0.447. The lowest BCUT2D eigenvalue weighted by Gasteiger charge is -2.24. The minimum absolute atomic E-state index is 0.0484. The van der Waals surface area contributed by atoms with Gasteiger partial charge in [0.15, 0.2) is 0 Å². The zero-order valence-corrected chi connectivity index (χ0v) is 11.6. The number of aromatic amines is 1. The molecule has 0 radical (unpaired) electrons. The fourth-order valence-electron chi connectivity index (χ4n) is 2.72. The Morgan fingerprint density at radius 2 is 2.24 bits per heavy atom. The molecule has 1 atom stereocenters. The third-order valence-electron chi connectivity index (χ3n) is 3.78. The SMILES string of the molecule is CCC1C=CCN1C(=O)c1cc(=O)[nH]c2cc(F)ccc12. The van der Waals surface area contributed by atoms with Crippen molar-refractivity contribution < 1.29 is 9.18 Å². The van der Waals surface area contributed by atoms with Crippen molar-refractivity contribution in [3.8, 4) is 0 Å². The quantitative estimate of drug-likeness (QED) is 0.862. The average Bonchev–Trinajstić information content (AvgIpc) is 2.93. The van der Waals surface area contributed by atoms with E-state index in [0.717, 1.165) is 6.42 Å². The van der Waals surface area contributed by atoms with E-state index in [0.29, 0.717) is 23.0 Å². The van der Waals surface area contributed by atoms with Gasteiger partial charge in [-0.25, -0.2) is 4.39 Å². The number of nitrogens with zero attached hydrogens (tertiary/aromatic N) is 1. The van der Waals surface area contributed by atoms with Crippen molar-refractivity contribution in [1.82, 2.24) is 9.88 Å². The first-order valence-corrected chi connectivity index (χ1v) is 6.90. The van der Waals surface area contributed by atoms with Gasteiger partial charge in [0.05, 0.1) is 17.1 Å². The highest BCUT2D eigenvalue weighted by Crippen LogP contribution is 2.21. The van der Waals surface area contributed by atoms with E-state index in [2.05, 4.69) is 4.98 Å². The van der Waals surface area contributed by atoms with Gasteiger partial charge in [-0.1, -0.05) is 19.1 Å². The van der Waals surface area contributed by atoms with Crippen molar-refractivity contribution in [2.75, 3.05) is 6.54 Å². The lowest BCUT2D eigenvalue weighted by Crippen LogP contribution is -2.36. The summed E-state index contributed by atoms with van der Waals surface area (Å²) in [7, 11) is 0. The molecule has 2 heterocycles. The van der Waals surface area contributed by atoms with Crippen molar-refractivity contribution in [2.24, 2.45) is 0 Å². The van der Waals surface area contributed by atoms with E-state index in [9.17, 15) is 14.0 Å². The van der Waals surface area contributed by atoms with E-state index in [1.54, 1.807) is 4.90 Å². The van der Waals surface area contributed by atoms with Crippen molar-refractivity contribution in [1.29, 1.82) is 0 Å². The number of amides is 1. The number of carbonyl (C=O) groups excluding carboxylic acids is 1. The van der Waals surface area contributed by atoms with Crippen LogP contribution in [0.3, 0.4) is 0 Å². The maximum absolute atomic E-state index is 13.3. The van der Waals surface area contributed by atoms with E-state index in [1.165, 1.54) is 24.3 Å². The second-order valence-electron chi connectivity index (χ2n) is 5.10. The molecule has 108 valence electrons. The number of carbonyl (C=O) groups is 1. The minimum Gasteiger partial charge on any atom is -0.328 e. The number of rotatable bonds is 2. The molecule has 0 saturated heterocycles. The van der Waals surface area contributed by atoms with Crippen LogP contribution >= 0.6 is 0 Å². The van der Waals surface area contributed by atoms with Crippen molar-refractivity contribution in [3.05, 3.63) is 58.2 Å². The van der Waals surface area contributed by atoms with Crippen molar-refractivity contribution in [2.45, 2.75) is 19.4 Å². The molecule has 0 aliphatic carbocycles. The number of hydrogen-bond donors (Lipinski definition) is 1. The van der Waals surface area contributed by atoms with Crippen LogP contribution in [0.4, 0.5) is 4.39 Å². The predicted octanol–water partition coefficient (Wildman–Crippen LogP) is 2.46. The van der Waals surface area contributed by atoms with Gasteiger partial charge in [0.1, 0.15) is 5.82 Å². The van der Waals surface area contributed by atoms with E-state index in [1.807, 2.05) is 19.1 Å². The van der Waals surface area contributed by atoms with Crippen LogP contribution in [0.1, 0.15) is 23.7 Å². The van der Waals surface area contributed by atoms with E-state index < -0.39 is 11.4 Å². The second-order valence-corrected chi connectivity index (χ2v) is 5.10. The number of pyridine rings is 1. The van der Waals surface area contributed by atoms with E-state index in [4.69, 9.17) is 0 Å². The Morgan fingerprint density at radius 3 is 3.00 bits per heavy atom. The molecule has 1 aromatic carbocycles. The summed E-state index contributed by atoms with van der Waals surface area (Å²) in [5.41, 5.74) is 0.249. The van der Waals surface area contributed by atoms with Gasteiger partial charge in [0.25, 0.3) is 5.91 Å². The highest BCUT2D eigenvalue weighted by molar-refractivity contribution is 6.06. The van der Waals surface area contributed by atoms with Gasteiger partial charge in [-0.2, -0.15) is 0 Å². The van der Waals surface area contributed by atoms with Gasteiger partial charge in [0.2, 0.25) is 5.56 Å². The lowest BCUT2D eigenvalue weighted by molar-refractivity contribution is 0.0749. The molecule has 4 nitrogen and oxygen atoms in total. The third-order valence-corrected chi connectivity index (χ3v) is 3.78. The molecule has 1 aromatic heterocycles. The fourth-order valence-corrected chi connectivity index (χ4v) is 2.72. The number of aromatic nitrogens is 1.